The molecule has 1 N–H and O–H groups in total. The minimum atomic E-state index is -0.184. The summed E-state index contributed by atoms with van der Waals surface area (Å²) in [7, 11) is 0. The van der Waals surface area contributed by atoms with Gasteiger partial charge in [-0.15, -0.1) is 0 Å². The highest BCUT2D eigenvalue weighted by Gasteiger charge is 2.26. The minimum absolute atomic E-state index is 0.184. The molecule has 4 heteroatoms. The van der Waals surface area contributed by atoms with Crippen molar-refractivity contribution in [3.63, 3.8) is 0 Å². The first kappa shape index (κ1) is 12.5. The van der Waals surface area contributed by atoms with E-state index in [0.29, 0.717) is 16.1 Å². The molecule has 2 nitrogen and oxygen atoms in total. The average molecular weight is 274 g/mol. The molecule has 1 heterocycles. The molecule has 1 saturated carbocycles. The molecule has 0 atom stereocenters. The number of hydrogen-bond acceptors (Lipinski definition) is 2. The van der Waals surface area contributed by atoms with Gasteiger partial charge in [-0.2, -0.15) is 0 Å². The van der Waals surface area contributed by atoms with Crippen LogP contribution in [-0.2, 0) is 0 Å². The number of hydrogen-bond donors (Lipinski definition) is 1. The van der Waals surface area contributed by atoms with Crippen molar-refractivity contribution in [1.82, 2.24) is 9.97 Å². The van der Waals surface area contributed by atoms with E-state index in [-0.39, 0.29) is 5.82 Å². The molecule has 1 aromatic carbocycles. The Balaban J connectivity index is 2.17. The highest BCUT2D eigenvalue weighted by Crippen LogP contribution is 2.39. The zero-order valence-corrected chi connectivity index (χ0v) is 11.8. The first-order valence-electron chi connectivity index (χ1n) is 6.43. The molecule has 0 saturated heterocycles. The van der Waals surface area contributed by atoms with Gasteiger partial charge in [-0.3, -0.25) is 0 Å². The van der Waals surface area contributed by atoms with E-state index in [2.05, 4.69) is 9.97 Å². The summed E-state index contributed by atoms with van der Waals surface area (Å²) in [5.41, 5.74) is 3.52. The third kappa shape index (κ3) is 2.32. The Labute approximate surface area is 116 Å². The van der Waals surface area contributed by atoms with E-state index in [1.807, 2.05) is 13.0 Å². The summed E-state index contributed by atoms with van der Waals surface area (Å²) in [6.07, 6.45) is 2.34. The van der Waals surface area contributed by atoms with Crippen LogP contribution >= 0.6 is 12.2 Å². The molecular weight excluding hydrogens is 259 g/mol. The van der Waals surface area contributed by atoms with Gasteiger partial charge in [-0.25, -0.2) is 9.37 Å². The van der Waals surface area contributed by atoms with E-state index < -0.39 is 0 Å². The van der Waals surface area contributed by atoms with E-state index in [0.717, 1.165) is 22.6 Å². The number of rotatable bonds is 2. The summed E-state index contributed by atoms with van der Waals surface area (Å²) >= 11 is 5.33. The molecule has 98 valence electrons. The van der Waals surface area contributed by atoms with Crippen LogP contribution < -0.4 is 0 Å². The largest absolute Gasteiger partial charge is 0.343 e. The SMILES string of the molecule is Cc1cc(-c2[nH]c(C3CC3)nc(=S)c2C)ccc1F. The van der Waals surface area contributed by atoms with Gasteiger partial charge < -0.3 is 4.98 Å². The monoisotopic (exact) mass is 274 g/mol. The lowest BCUT2D eigenvalue weighted by atomic mass is 10.0. The summed E-state index contributed by atoms with van der Waals surface area (Å²) in [5.74, 6) is 1.30. The maximum atomic E-state index is 13.4. The predicted octanol–water partition coefficient (Wildman–Crippen LogP) is 4.44. The number of aromatic amines is 1. The van der Waals surface area contributed by atoms with Gasteiger partial charge in [0.25, 0.3) is 0 Å². The Hall–Kier alpha value is -1.55. The number of aromatic nitrogens is 2. The summed E-state index contributed by atoms with van der Waals surface area (Å²) in [4.78, 5) is 7.82. The Morgan fingerprint density at radius 1 is 1.32 bits per heavy atom. The maximum absolute atomic E-state index is 13.4. The summed E-state index contributed by atoms with van der Waals surface area (Å²) in [5, 5.41) is 0. The number of nitrogens with one attached hydrogen (secondary N) is 1. The second-order valence-corrected chi connectivity index (χ2v) is 5.55. The van der Waals surface area contributed by atoms with Gasteiger partial charge in [-0.1, -0.05) is 12.2 Å². The molecule has 0 spiro atoms. The average Bonchev–Trinajstić information content (AvgIpc) is 3.20. The fourth-order valence-electron chi connectivity index (χ4n) is 2.19. The van der Waals surface area contributed by atoms with Gasteiger partial charge in [0.2, 0.25) is 0 Å². The first-order chi connectivity index (χ1) is 9.06. The predicted molar refractivity (Wildman–Crippen MR) is 76.3 cm³/mol. The van der Waals surface area contributed by atoms with E-state index in [4.69, 9.17) is 12.2 Å². The van der Waals surface area contributed by atoms with Gasteiger partial charge in [0.15, 0.2) is 0 Å². The van der Waals surface area contributed by atoms with Crippen molar-refractivity contribution in [1.29, 1.82) is 0 Å². The van der Waals surface area contributed by atoms with Crippen molar-refractivity contribution in [2.24, 2.45) is 0 Å². The summed E-state index contributed by atoms with van der Waals surface area (Å²) < 4.78 is 14.0. The Morgan fingerprint density at radius 3 is 2.68 bits per heavy atom. The molecule has 1 aliphatic rings. The third-order valence-electron chi connectivity index (χ3n) is 3.58. The van der Waals surface area contributed by atoms with Gasteiger partial charge in [-0.05, 0) is 56.0 Å². The maximum Gasteiger partial charge on any atom is 0.133 e. The molecule has 0 unspecified atom stereocenters. The molecule has 3 rings (SSSR count). The van der Waals surface area contributed by atoms with Crippen LogP contribution in [0, 0.1) is 24.3 Å². The van der Waals surface area contributed by atoms with Gasteiger partial charge in [0.1, 0.15) is 16.3 Å². The topological polar surface area (TPSA) is 28.7 Å². The second kappa shape index (κ2) is 4.53. The van der Waals surface area contributed by atoms with E-state index in [1.165, 1.54) is 18.9 Å². The van der Waals surface area contributed by atoms with Crippen LogP contribution in [0.4, 0.5) is 4.39 Å². The minimum Gasteiger partial charge on any atom is -0.343 e. The smallest absolute Gasteiger partial charge is 0.133 e. The lowest BCUT2D eigenvalue weighted by molar-refractivity contribution is 0.618. The molecular formula is C15H15FN2S. The quantitative estimate of drug-likeness (QED) is 0.820. The fraction of sp³-hybridized carbons (Fsp3) is 0.333. The van der Waals surface area contributed by atoms with E-state index in [1.54, 1.807) is 13.0 Å². The molecule has 0 radical (unpaired) electrons. The zero-order chi connectivity index (χ0) is 13.6. The van der Waals surface area contributed by atoms with Crippen LogP contribution in [0.3, 0.4) is 0 Å². The number of aryl methyl sites for hydroxylation is 1. The Kier molecular flexibility index (Phi) is 2.97. The van der Waals surface area contributed by atoms with Crippen LogP contribution in [0.5, 0.6) is 0 Å². The molecule has 0 amide bonds. The highest BCUT2D eigenvalue weighted by atomic mass is 32.1. The lowest BCUT2D eigenvalue weighted by Crippen LogP contribution is -1.99. The molecule has 0 aliphatic heterocycles. The molecule has 2 aromatic rings. The standard InChI is InChI=1S/C15H15FN2S/c1-8-7-11(5-6-12(8)16)13-9(2)15(19)18-14(17-13)10-3-4-10/h5-7,10H,3-4H2,1-2H3,(H,17,18,19). The molecule has 0 bridgehead atoms. The van der Waals surface area contributed by atoms with Crippen molar-refractivity contribution in [3.8, 4) is 11.3 Å². The number of benzene rings is 1. The van der Waals surface area contributed by atoms with E-state index >= 15 is 0 Å². The van der Waals surface area contributed by atoms with E-state index in [9.17, 15) is 4.39 Å². The van der Waals surface area contributed by atoms with Crippen molar-refractivity contribution in [2.75, 3.05) is 0 Å². The highest BCUT2D eigenvalue weighted by molar-refractivity contribution is 7.71. The summed E-state index contributed by atoms with van der Waals surface area (Å²) in [6.45, 7) is 3.72. The zero-order valence-electron chi connectivity index (χ0n) is 11.0. The number of nitrogens with zero attached hydrogens (tertiary/aromatic N) is 1. The van der Waals surface area contributed by atoms with Gasteiger partial charge in [0, 0.05) is 11.5 Å². The normalized spacial score (nSPS) is 14.7. The Morgan fingerprint density at radius 2 is 2.05 bits per heavy atom. The molecule has 1 aliphatic carbocycles. The van der Waals surface area contributed by atoms with Crippen LogP contribution in [0.25, 0.3) is 11.3 Å². The second-order valence-electron chi connectivity index (χ2n) is 5.17. The molecule has 19 heavy (non-hydrogen) atoms. The fourth-order valence-corrected chi connectivity index (χ4v) is 2.39. The lowest BCUT2D eigenvalue weighted by Gasteiger charge is -2.10. The number of H-pyrrole nitrogens is 1. The third-order valence-corrected chi connectivity index (χ3v) is 3.98. The van der Waals surface area contributed by atoms with Crippen LogP contribution in [0.15, 0.2) is 18.2 Å². The Bertz CT molecular complexity index is 702. The molecule has 1 fully saturated rings. The van der Waals surface area contributed by atoms with Crippen molar-refractivity contribution >= 4 is 12.2 Å². The van der Waals surface area contributed by atoms with Crippen molar-refractivity contribution in [2.45, 2.75) is 32.6 Å². The van der Waals surface area contributed by atoms with Crippen LogP contribution in [0.2, 0.25) is 0 Å². The van der Waals surface area contributed by atoms with Crippen molar-refractivity contribution in [3.05, 3.63) is 45.6 Å². The van der Waals surface area contributed by atoms with Crippen molar-refractivity contribution < 1.29 is 4.39 Å². The summed E-state index contributed by atoms with van der Waals surface area (Å²) in [6, 6.07) is 5.13. The van der Waals surface area contributed by atoms with Crippen LogP contribution in [-0.4, -0.2) is 9.97 Å². The molecule has 1 aromatic heterocycles. The van der Waals surface area contributed by atoms with Crippen LogP contribution in [0.1, 0.15) is 35.7 Å². The van der Waals surface area contributed by atoms with Gasteiger partial charge >= 0.3 is 0 Å². The van der Waals surface area contributed by atoms with Gasteiger partial charge in [0.05, 0.1) is 5.69 Å². The first-order valence-corrected chi connectivity index (χ1v) is 6.84. The number of halogens is 1.